The SMILES string of the molecule is CC[C@@H](CN)N1C(=O)[C@@](C)(CC(=O)OC)C[C@H](c2cccc(I)c2)[C@H]1c1ccc(Cl)cc1. The largest absolute Gasteiger partial charge is 0.469 e. The average molecular weight is 569 g/mol. The number of methoxy groups -OCH3 is 1. The highest BCUT2D eigenvalue weighted by molar-refractivity contribution is 14.1. The molecule has 1 aliphatic rings. The van der Waals surface area contributed by atoms with Crippen molar-refractivity contribution in [2.24, 2.45) is 11.1 Å². The molecule has 0 aliphatic carbocycles. The first-order chi connectivity index (χ1) is 15.2. The second-order valence-corrected chi connectivity index (χ2v) is 10.4. The van der Waals surface area contributed by atoms with Gasteiger partial charge in [0.1, 0.15) is 0 Å². The van der Waals surface area contributed by atoms with Crippen molar-refractivity contribution in [2.45, 2.75) is 51.1 Å². The van der Waals surface area contributed by atoms with Crippen LogP contribution in [0.3, 0.4) is 0 Å². The van der Waals surface area contributed by atoms with Gasteiger partial charge in [0, 0.05) is 27.1 Å². The number of benzene rings is 2. The van der Waals surface area contributed by atoms with Gasteiger partial charge in [-0.2, -0.15) is 0 Å². The fourth-order valence-corrected chi connectivity index (χ4v) is 5.51. The van der Waals surface area contributed by atoms with Crippen molar-refractivity contribution in [1.29, 1.82) is 0 Å². The zero-order chi connectivity index (χ0) is 23.5. The van der Waals surface area contributed by atoms with Crippen molar-refractivity contribution in [3.63, 3.8) is 0 Å². The molecule has 1 saturated heterocycles. The Balaban J connectivity index is 2.21. The number of hydrogen-bond donors (Lipinski definition) is 1. The second kappa shape index (κ2) is 10.5. The molecule has 2 aromatic rings. The van der Waals surface area contributed by atoms with Crippen molar-refractivity contribution >= 4 is 46.1 Å². The molecule has 1 aliphatic heterocycles. The third kappa shape index (κ3) is 5.13. The van der Waals surface area contributed by atoms with Crippen molar-refractivity contribution in [2.75, 3.05) is 13.7 Å². The monoisotopic (exact) mass is 568 g/mol. The normalized spacial score (nSPS) is 24.3. The van der Waals surface area contributed by atoms with Crippen LogP contribution in [0.4, 0.5) is 0 Å². The van der Waals surface area contributed by atoms with E-state index in [0.717, 1.165) is 21.1 Å². The Bertz CT molecular complexity index is 964. The number of amides is 1. The molecular weight excluding hydrogens is 539 g/mol. The Morgan fingerprint density at radius 2 is 1.97 bits per heavy atom. The van der Waals surface area contributed by atoms with E-state index in [9.17, 15) is 9.59 Å². The Kier molecular flexibility index (Phi) is 8.22. The van der Waals surface area contributed by atoms with Crippen LogP contribution in [0.1, 0.15) is 56.2 Å². The number of nitrogens with zero attached hydrogens (tertiary/aromatic N) is 1. The predicted octanol–water partition coefficient (Wildman–Crippen LogP) is 5.31. The molecule has 32 heavy (non-hydrogen) atoms. The minimum absolute atomic E-state index is 0.0150. The smallest absolute Gasteiger partial charge is 0.306 e. The number of ether oxygens (including phenoxy) is 1. The van der Waals surface area contributed by atoms with Gasteiger partial charge in [-0.05, 0) is 70.8 Å². The van der Waals surface area contributed by atoms with E-state index in [4.69, 9.17) is 22.1 Å². The third-order valence-electron chi connectivity index (χ3n) is 6.49. The lowest BCUT2D eigenvalue weighted by Gasteiger charge is -2.51. The first-order valence-electron chi connectivity index (χ1n) is 10.8. The molecule has 0 radical (unpaired) electrons. The zero-order valence-corrected chi connectivity index (χ0v) is 21.6. The van der Waals surface area contributed by atoms with Gasteiger partial charge in [0.25, 0.3) is 0 Å². The van der Waals surface area contributed by atoms with E-state index in [-0.39, 0.29) is 36.3 Å². The van der Waals surface area contributed by atoms with E-state index in [0.29, 0.717) is 18.0 Å². The molecule has 0 aromatic heterocycles. The van der Waals surface area contributed by atoms with Gasteiger partial charge in [-0.25, -0.2) is 0 Å². The minimum atomic E-state index is -0.884. The molecule has 0 saturated carbocycles. The third-order valence-corrected chi connectivity index (χ3v) is 7.41. The molecule has 0 bridgehead atoms. The Hall–Kier alpha value is -1.64. The second-order valence-electron chi connectivity index (χ2n) is 8.69. The lowest BCUT2D eigenvalue weighted by Crippen LogP contribution is -2.57. The van der Waals surface area contributed by atoms with Gasteiger partial charge in [0.15, 0.2) is 0 Å². The van der Waals surface area contributed by atoms with Crippen LogP contribution in [-0.4, -0.2) is 36.5 Å². The molecule has 1 fully saturated rings. The van der Waals surface area contributed by atoms with Crippen LogP contribution in [0.25, 0.3) is 0 Å². The summed E-state index contributed by atoms with van der Waals surface area (Å²) in [7, 11) is 1.36. The summed E-state index contributed by atoms with van der Waals surface area (Å²) >= 11 is 8.48. The maximum absolute atomic E-state index is 14.0. The van der Waals surface area contributed by atoms with Gasteiger partial charge in [-0.15, -0.1) is 0 Å². The standard InChI is InChI=1S/C25H30ClIN2O3/c1-4-20(15-28)29-23(16-8-10-18(26)11-9-16)21(17-6-5-7-19(27)12-17)13-25(2,24(29)31)14-22(30)32-3/h5-12,20-21,23H,4,13-15,28H2,1-3H3/t20-,21+,23+,25+/m0/s1. The number of carbonyl (C=O) groups excluding carboxylic acids is 2. The fraction of sp³-hybridized carbons (Fsp3) is 0.440. The molecule has 2 aromatic carbocycles. The summed E-state index contributed by atoms with van der Waals surface area (Å²) in [5.41, 5.74) is 7.42. The Morgan fingerprint density at radius 1 is 1.28 bits per heavy atom. The lowest BCUT2D eigenvalue weighted by atomic mass is 9.67. The van der Waals surface area contributed by atoms with Gasteiger partial charge in [-0.3, -0.25) is 9.59 Å². The summed E-state index contributed by atoms with van der Waals surface area (Å²) in [4.78, 5) is 28.2. The van der Waals surface area contributed by atoms with Crippen molar-refractivity contribution in [1.82, 2.24) is 4.90 Å². The van der Waals surface area contributed by atoms with Crippen molar-refractivity contribution < 1.29 is 14.3 Å². The van der Waals surface area contributed by atoms with Gasteiger partial charge in [-0.1, -0.05) is 49.7 Å². The molecule has 0 spiro atoms. The minimum Gasteiger partial charge on any atom is -0.469 e. The van der Waals surface area contributed by atoms with E-state index < -0.39 is 5.41 Å². The molecular formula is C25H30ClIN2O3. The maximum Gasteiger partial charge on any atom is 0.306 e. The predicted molar refractivity (Wildman–Crippen MR) is 135 cm³/mol. The summed E-state index contributed by atoms with van der Waals surface area (Å²) in [5.74, 6) is -0.450. The molecule has 172 valence electrons. The van der Waals surface area contributed by atoms with E-state index in [2.05, 4.69) is 40.8 Å². The number of likely N-dealkylation sites (tertiary alicyclic amines) is 1. The molecule has 4 atom stereocenters. The van der Waals surface area contributed by atoms with Crippen LogP contribution in [0.5, 0.6) is 0 Å². The number of rotatable bonds is 7. The van der Waals surface area contributed by atoms with Crippen LogP contribution in [0.15, 0.2) is 48.5 Å². The van der Waals surface area contributed by atoms with Crippen LogP contribution in [0.2, 0.25) is 5.02 Å². The first-order valence-corrected chi connectivity index (χ1v) is 12.3. The quantitative estimate of drug-likeness (QED) is 0.363. The van der Waals surface area contributed by atoms with E-state index in [1.807, 2.05) is 49.1 Å². The molecule has 5 nitrogen and oxygen atoms in total. The number of esters is 1. The lowest BCUT2D eigenvalue weighted by molar-refractivity contribution is -0.161. The highest BCUT2D eigenvalue weighted by Gasteiger charge is 2.52. The van der Waals surface area contributed by atoms with E-state index in [1.165, 1.54) is 7.11 Å². The maximum atomic E-state index is 14.0. The van der Waals surface area contributed by atoms with Crippen LogP contribution >= 0.6 is 34.2 Å². The van der Waals surface area contributed by atoms with E-state index in [1.54, 1.807) is 0 Å². The van der Waals surface area contributed by atoms with Crippen LogP contribution in [-0.2, 0) is 14.3 Å². The first kappa shape index (κ1) is 25.0. The summed E-state index contributed by atoms with van der Waals surface area (Å²) in [6.45, 7) is 4.26. The van der Waals surface area contributed by atoms with E-state index >= 15 is 0 Å². The van der Waals surface area contributed by atoms with Crippen molar-refractivity contribution in [3.05, 3.63) is 68.3 Å². The van der Waals surface area contributed by atoms with Crippen LogP contribution in [0, 0.1) is 8.99 Å². The molecule has 1 heterocycles. The fourth-order valence-electron chi connectivity index (χ4n) is 4.81. The molecule has 7 heteroatoms. The number of hydrogen-bond acceptors (Lipinski definition) is 4. The van der Waals surface area contributed by atoms with Gasteiger partial charge in [0.05, 0.1) is 25.0 Å². The van der Waals surface area contributed by atoms with Crippen molar-refractivity contribution in [3.8, 4) is 0 Å². The topological polar surface area (TPSA) is 72.6 Å². The Morgan fingerprint density at radius 3 is 2.53 bits per heavy atom. The molecule has 3 rings (SSSR count). The zero-order valence-electron chi connectivity index (χ0n) is 18.7. The summed E-state index contributed by atoms with van der Waals surface area (Å²) < 4.78 is 6.07. The number of piperidine rings is 1. The molecule has 1 amide bonds. The average Bonchev–Trinajstić information content (AvgIpc) is 2.78. The number of carbonyl (C=O) groups is 2. The summed E-state index contributed by atoms with van der Waals surface area (Å²) in [5, 5.41) is 0.648. The summed E-state index contributed by atoms with van der Waals surface area (Å²) in [6.07, 6.45) is 1.29. The van der Waals surface area contributed by atoms with Crippen LogP contribution < -0.4 is 5.73 Å². The number of nitrogens with two attached hydrogens (primary N) is 1. The summed E-state index contributed by atoms with van der Waals surface area (Å²) in [6, 6.07) is 15.7. The van der Waals surface area contributed by atoms with Gasteiger partial charge >= 0.3 is 5.97 Å². The molecule has 0 unspecified atom stereocenters. The highest BCUT2D eigenvalue weighted by Crippen LogP contribution is 2.52. The van der Waals surface area contributed by atoms with Gasteiger partial charge < -0.3 is 15.4 Å². The number of halogens is 2. The Labute approximate surface area is 208 Å². The van der Waals surface area contributed by atoms with Gasteiger partial charge in [0.2, 0.25) is 5.91 Å². The highest BCUT2D eigenvalue weighted by atomic mass is 127. The molecule has 2 N–H and O–H groups in total.